The largest absolute Gasteiger partial charge is 0.491 e. The molecule has 7 nitrogen and oxygen atoms in total. The number of nitrogens with zero attached hydrogens (tertiary/aromatic N) is 3. The van der Waals surface area contributed by atoms with Gasteiger partial charge in [0.25, 0.3) is 5.91 Å². The van der Waals surface area contributed by atoms with E-state index in [1.807, 2.05) is 6.92 Å². The van der Waals surface area contributed by atoms with E-state index in [1.165, 1.54) is 31.0 Å². The zero-order valence-corrected chi connectivity index (χ0v) is 19.1. The maximum Gasteiger partial charge on any atom is 0.258 e. The maximum atomic E-state index is 13.9. The molecule has 1 amide bonds. The number of aliphatic imine (C=N–C) groups is 1. The number of benzene rings is 1. The van der Waals surface area contributed by atoms with Gasteiger partial charge in [0.1, 0.15) is 24.0 Å². The minimum absolute atomic E-state index is 0.148. The van der Waals surface area contributed by atoms with Crippen LogP contribution in [0.1, 0.15) is 37.0 Å². The fourth-order valence-corrected chi connectivity index (χ4v) is 4.22. The minimum atomic E-state index is -0.454. The fourth-order valence-electron chi connectivity index (χ4n) is 4.13. The van der Waals surface area contributed by atoms with E-state index in [2.05, 4.69) is 15.2 Å². The summed E-state index contributed by atoms with van der Waals surface area (Å²) in [5.74, 6) is 0.0105. The van der Waals surface area contributed by atoms with Gasteiger partial charge >= 0.3 is 0 Å². The number of hydrogen-bond acceptors (Lipinski definition) is 6. The van der Waals surface area contributed by atoms with Crippen LogP contribution in [0.3, 0.4) is 0 Å². The summed E-state index contributed by atoms with van der Waals surface area (Å²) < 4.78 is 19.7. The van der Waals surface area contributed by atoms with Gasteiger partial charge in [0.15, 0.2) is 0 Å². The Balaban J connectivity index is 1.50. The van der Waals surface area contributed by atoms with Crippen molar-refractivity contribution in [1.82, 2.24) is 15.1 Å². The van der Waals surface area contributed by atoms with Gasteiger partial charge in [-0.05, 0) is 51.9 Å². The molecule has 0 unspecified atom stereocenters. The summed E-state index contributed by atoms with van der Waals surface area (Å²) in [5.41, 5.74) is 2.66. The summed E-state index contributed by atoms with van der Waals surface area (Å²) in [7, 11) is 0. The summed E-state index contributed by atoms with van der Waals surface area (Å²) >= 11 is 6.20. The van der Waals surface area contributed by atoms with E-state index in [0.29, 0.717) is 40.0 Å². The molecule has 0 aliphatic carbocycles. The molecule has 9 heteroatoms. The van der Waals surface area contributed by atoms with Crippen molar-refractivity contribution in [2.75, 3.05) is 39.3 Å². The van der Waals surface area contributed by atoms with Gasteiger partial charge in [0, 0.05) is 23.9 Å². The molecule has 1 aromatic carbocycles. The lowest BCUT2D eigenvalue weighted by atomic mass is 10.1. The zero-order valence-electron chi connectivity index (χ0n) is 18.3. The number of hydrogen-bond donors (Lipinski definition) is 2. The van der Waals surface area contributed by atoms with Gasteiger partial charge in [-0.3, -0.25) is 9.69 Å². The number of ether oxygens (including phenoxy) is 1. The quantitative estimate of drug-likeness (QED) is 0.706. The van der Waals surface area contributed by atoms with Crippen molar-refractivity contribution in [2.45, 2.75) is 26.7 Å². The minimum Gasteiger partial charge on any atom is -0.491 e. The van der Waals surface area contributed by atoms with Gasteiger partial charge in [-0.2, -0.15) is 0 Å². The molecule has 3 aliphatic heterocycles. The van der Waals surface area contributed by atoms with Crippen LogP contribution in [0, 0.1) is 11.2 Å². The molecule has 2 saturated heterocycles. The number of allylic oxidation sites excluding steroid dienone is 2. The summed E-state index contributed by atoms with van der Waals surface area (Å²) in [6, 6.07) is 3.96. The Hall–Kier alpha value is -2.71. The highest BCUT2D eigenvalue weighted by atomic mass is 35.5. The SMILES string of the molecule is CC1=N/C(=C2\CN(C(=O)c3ccc(F)cc3OCCN3CCCC3)CC2=N)NC(C)=C1Cl. The van der Waals surface area contributed by atoms with Crippen LogP contribution in [0.4, 0.5) is 4.39 Å². The van der Waals surface area contributed by atoms with Crippen molar-refractivity contribution in [3.8, 4) is 5.75 Å². The molecular weight excluding hydrogens is 433 g/mol. The van der Waals surface area contributed by atoms with E-state index >= 15 is 0 Å². The summed E-state index contributed by atoms with van der Waals surface area (Å²) in [6.07, 6.45) is 2.37. The Bertz CT molecular complexity index is 1040. The van der Waals surface area contributed by atoms with Crippen molar-refractivity contribution < 1.29 is 13.9 Å². The second-order valence-electron chi connectivity index (χ2n) is 8.27. The first-order chi connectivity index (χ1) is 15.3. The third-order valence-corrected chi connectivity index (χ3v) is 6.46. The van der Waals surface area contributed by atoms with Crippen molar-refractivity contribution >= 4 is 28.9 Å². The number of carbonyl (C=O) groups excluding carboxylic acids is 1. The van der Waals surface area contributed by atoms with E-state index in [0.717, 1.165) is 25.3 Å². The number of amides is 1. The van der Waals surface area contributed by atoms with E-state index in [4.69, 9.17) is 21.7 Å². The van der Waals surface area contributed by atoms with Crippen molar-refractivity contribution in [2.24, 2.45) is 4.99 Å². The highest BCUT2D eigenvalue weighted by molar-refractivity contribution is 6.43. The van der Waals surface area contributed by atoms with Gasteiger partial charge < -0.3 is 20.4 Å². The second-order valence-corrected chi connectivity index (χ2v) is 8.64. The van der Waals surface area contributed by atoms with Crippen molar-refractivity contribution in [3.63, 3.8) is 0 Å². The standard InChI is InChI=1S/C23H27ClFN5O2/c1-14-21(24)15(2)28-22(27-14)18-12-30(13-19(18)26)23(31)17-6-5-16(25)11-20(17)32-10-9-29-7-3-4-8-29/h5-6,11,26-27H,3-4,7-10,12-13H2,1-2H3/b22-18+,26-19?. The van der Waals surface area contributed by atoms with Crippen LogP contribution in [0.5, 0.6) is 5.75 Å². The molecule has 1 aromatic rings. The molecule has 3 aliphatic rings. The molecule has 0 atom stereocenters. The van der Waals surface area contributed by atoms with E-state index in [1.54, 1.807) is 11.8 Å². The monoisotopic (exact) mass is 459 g/mol. The van der Waals surface area contributed by atoms with Gasteiger partial charge in [-0.15, -0.1) is 0 Å². The smallest absolute Gasteiger partial charge is 0.258 e. The number of halogens is 2. The third kappa shape index (κ3) is 4.71. The van der Waals surface area contributed by atoms with Crippen LogP contribution >= 0.6 is 11.6 Å². The molecule has 2 fully saturated rings. The second kappa shape index (κ2) is 9.42. The van der Waals surface area contributed by atoms with Crippen LogP contribution in [0.2, 0.25) is 0 Å². The van der Waals surface area contributed by atoms with Gasteiger partial charge in [0.05, 0.1) is 35.1 Å². The molecule has 4 rings (SSSR count). The molecule has 3 heterocycles. The van der Waals surface area contributed by atoms with Crippen molar-refractivity contribution in [1.29, 1.82) is 5.41 Å². The lowest BCUT2D eigenvalue weighted by Crippen LogP contribution is -2.30. The van der Waals surface area contributed by atoms with Crippen LogP contribution in [-0.2, 0) is 0 Å². The van der Waals surface area contributed by atoms with E-state index in [-0.39, 0.29) is 24.7 Å². The first-order valence-electron chi connectivity index (χ1n) is 10.8. The zero-order chi connectivity index (χ0) is 22.8. The predicted molar refractivity (Wildman–Crippen MR) is 123 cm³/mol. The molecule has 0 radical (unpaired) electrons. The van der Waals surface area contributed by atoms with Crippen LogP contribution in [0.25, 0.3) is 0 Å². The predicted octanol–water partition coefficient (Wildman–Crippen LogP) is 3.52. The molecule has 170 valence electrons. The summed E-state index contributed by atoms with van der Waals surface area (Å²) in [5, 5.41) is 12.1. The van der Waals surface area contributed by atoms with Gasteiger partial charge in [0.2, 0.25) is 0 Å². The lowest BCUT2D eigenvalue weighted by molar-refractivity contribution is 0.0799. The summed E-state index contributed by atoms with van der Waals surface area (Å²) in [4.78, 5) is 21.6. The van der Waals surface area contributed by atoms with Crippen LogP contribution < -0.4 is 10.1 Å². The Labute approximate surface area is 192 Å². The molecule has 0 spiro atoms. The van der Waals surface area contributed by atoms with E-state index in [9.17, 15) is 9.18 Å². The molecule has 32 heavy (non-hydrogen) atoms. The first kappa shape index (κ1) is 22.5. The fraction of sp³-hybridized carbons (Fsp3) is 0.435. The maximum absolute atomic E-state index is 13.9. The summed E-state index contributed by atoms with van der Waals surface area (Å²) in [6.45, 7) is 7.24. The average molecular weight is 460 g/mol. The lowest BCUT2D eigenvalue weighted by Gasteiger charge is -2.20. The van der Waals surface area contributed by atoms with Crippen LogP contribution in [-0.4, -0.2) is 66.5 Å². The van der Waals surface area contributed by atoms with E-state index < -0.39 is 5.82 Å². The Morgan fingerprint density at radius 1 is 1.28 bits per heavy atom. The highest BCUT2D eigenvalue weighted by Gasteiger charge is 2.32. The number of nitrogens with one attached hydrogen (secondary N) is 2. The topological polar surface area (TPSA) is 81.0 Å². The van der Waals surface area contributed by atoms with Gasteiger partial charge in [-0.25, -0.2) is 9.38 Å². The molecule has 0 saturated carbocycles. The highest BCUT2D eigenvalue weighted by Crippen LogP contribution is 2.27. The molecule has 0 bridgehead atoms. The number of likely N-dealkylation sites (tertiary alicyclic amines) is 2. The number of carbonyl (C=O) groups is 1. The van der Waals surface area contributed by atoms with Crippen molar-refractivity contribution in [3.05, 3.63) is 51.7 Å². The molecular formula is C23H27ClFN5O2. The number of rotatable bonds is 5. The molecule has 0 aromatic heterocycles. The molecule has 2 N–H and O–H groups in total. The first-order valence-corrected chi connectivity index (χ1v) is 11.1. The Kier molecular flexibility index (Phi) is 6.62. The van der Waals surface area contributed by atoms with Crippen LogP contribution in [0.15, 0.2) is 45.3 Å². The normalized spacial score (nSPS) is 21.8. The Morgan fingerprint density at radius 2 is 2.03 bits per heavy atom. The third-order valence-electron chi connectivity index (χ3n) is 5.91. The Morgan fingerprint density at radius 3 is 2.75 bits per heavy atom. The average Bonchev–Trinajstić information content (AvgIpc) is 3.41. The van der Waals surface area contributed by atoms with Gasteiger partial charge in [-0.1, -0.05) is 11.6 Å².